The van der Waals surface area contributed by atoms with Gasteiger partial charge < -0.3 is 9.84 Å². The molecule has 16 heavy (non-hydrogen) atoms. The number of aliphatic hydroxyl groups excluding tert-OH is 1. The second kappa shape index (κ2) is 6.20. The van der Waals surface area contributed by atoms with Crippen LogP contribution >= 0.6 is 11.8 Å². The minimum atomic E-state index is -4.29. The van der Waals surface area contributed by atoms with Crippen molar-refractivity contribution in [3.63, 3.8) is 0 Å². The van der Waals surface area contributed by atoms with Gasteiger partial charge in [-0.15, -0.1) is 11.8 Å². The highest BCUT2D eigenvalue weighted by Gasteiger charge is 2.35. The lowest BCUT2D eigenvalue weighted by atomic mass is 10.4. The summed E-state index contributed by atoms with van der Waals surface area (Å²) in [6.07, 6.45) is 2.53. The summed E-state index contributed by atoms with van der Waals surface area (Å²) in [5, 5.41) is 9.71. The molecule has 96 valence electrons. The van der Waals surface area contributed by atoms with Crippen LogP contribution in [0, 0.1) is 0 Å². The van der Waals surface area contributed by atoms with Crippen molar-refractivity contribution in [2.24, 2.45) is 0 Å². The molecule has 2 N–H and O–H groups in total. The molecule has 0 aliphatic heterocycles. The summed E-state index contributed by atoms with van der Waals surface area (Å²) < 4.78 is 34.8. The second-order valence-electron chi connectivity index (χ2n) is 3.77. The van der Waals surface area contributed by atoms with Gasteiger partial charge in [-0.1, -0.05) is 12.8 Å². The Morgan fingerprint density at radius 1 is 1.44 bits per heavy atom. The van der Waals surface area contributed by atoms with Crippen LogP contribution in [0.3, 0.4) is 0 Å². The third-order valence-corrected chi connectivity index (χ3v) is 5.73. The van der Waals surface area contributed by atoms with Gasteiger partial charge in [-0.3, -0.25) is 4.55 Å². The lowest BCUT2D eigenvalue weighted by Gasteiger charge is -2.22. The van der Waals surface area contributed by atoms with Gasteiger partial charge in [0, 0.05) is 11.9 Å². The molecule has 0 spiro atoms. The topological polar surface area (TPSA) is 83.8 Å². The molecule has 0 aromatic carbocycles. The fourth-order valence-corrected chi connectivity index (χ4v) is 4.35. The Hall–Kier alpha value is 0.180. The zero-order valence-electron chi connectivity index (χ0n) is 9.20. The van der Waals surface area contributed by atoms with Crippen molar-refractivity contribution in [2.45, 2.75) is 48.7 Å². The Balaban J connectivity index is 2.63. The van der Waals surface area contributed by atoms with Crippen LogP contribution in [0.2, 0.25) is 0 Å². The lowest BCUT2D eigenvalue weighted by molar-refractivity contribution is -0.0836. The molecule has 0 heterocycles. The summed E-state index contributed by atoms with van der Waals surface area (Å²) in [5.41, 5.74) is 0. The maximum atomic E-state index is 11.1. The van der Waals surface area contributed by atoms with E-state index in [9.17, 15) is 13.5 Å². The zero-order chi connectivity index (χ0) is 12.2. The molecule has 0 aromatic rings. The molecule has 5 nitrogen and oxygen atoms in total. The quantitative estimate of drug-likeness (QED) is 0.558. The van der Waals surface area contributed by atoms with Crippen LogP contribution in [-0.2, 0) is 14.9 Å². The van der Waals surface area contributed by atoms with E-state index in [1.165, 1.54) is 0 Å². The second-order valence-corrected chi connectivity index (χ2v) is 7.05. The first-order chi connectivity index (χ1) is 7.45. The van der Waals surface area contributed by atoms with Crippen LogP contribution in [0.4, 0.5) is 0 Å². The van der Waals surface area contributed by atoms with Crippen molar-refractivity contribution in [1.29, 1.82) is 0 Å². The van der Waals surface area contributed by atoms with Crippen molar-refractivity contribution in [2.75, 3.05) is 6.61 Å². The molecule has 1 saturated carbocycles. The van der Waals surface area contributed by atoms with Gasteiger partial charge in [0.2, 0.25) is 0 Å². The normalized spacial score (nSPS) is 22.2. The highest BCUT2D eigenvalue weighted by molar-refractivity contribution is 8.12. The van der Waals surface area contributed by atoms with Crippen molar-refractivity contribution < 1.29 is 22.8 Å². The van der Waals surface area contributed by atoms with Crippen LogP contribution in [0.1, 0.15) is 32.6 Å². The van der Waals surface area contributed by atoms with E-state index in [4.69, 9.17) is 9.29 Å². The van der Waals surface area contributed by atoms with E-state index in [1.54, 1.807) is 6.92 Å². The molecule has 7 heteroatoms. The van der Waals surface area contributed by atoms with Gasteiger partial charge >= 0.3 is 0 Å². The maximum absolute atomic E-state index is 11.1. The van der Waals surface area contributed by atoms with Crippen molar-refractivity contribution in [3.8, 4) is 0 Å². The van der Waals surface area contributed by atoms with Gasteiger partial charge in [-0.25, -0.2) is 0 Å². The molecule has 0 bridgehead atoms. The molecule has 2 unspecified atom stereocenters. The standard InChI is InChI=1S/C9H18O5S2/c1-2-14-8(10)9(16(11,12)13)15-7-5-3-4-6-7/h7-10H,2-6H2,1H3,(H,11,12,13). The van der Waals surface area contributed by atoms with E-state index >= 15 is 0 Å². The van der Waals surface area contributed by atoms with E-state index in [-0.39, 0.29) is 11.9 Å². The molecular formula is C9H18O5S2. The van der Waals surface area contributed by atoms with Crippen LogP contribution in [0.15, 0.2) is 0 Å². The monoisotopic (exact) mass is 270 g/mol. The van der Waals surface area contributed by atoms with E-state index in [0.29, 0.717) is 0 Å². The van der Waals surface area contributed by atoms with E-state index in [1.807, 2.05) is 0 Å². The first kappa shape index (κ1) is 14.2. The van der Waals surface area contributed by atoms with E-state index in [2.05, 4.69) is 0 Å². The molecular weight excluding hydrogens is 252 g/mol. The predicted octanol–water partition coefficient (Wildman–Crippen LogP) is 1.23. The molecule has 1 aliphatic carbocycles. The Morgan fingerprint density at radius 3 is 2.44 bits per heavy atom. The average molecular weight is 270 g/mol. The number of aliphatic hydroxyl groups is 1. The fraction of sp³-hybridized carbons (Fsp3) is 1.00. The highest BCUT2D eigenvalue weighted by Crippen LogP contribution is 2.35. The van der Waals surface area contributed by atoms with Crippen LogP contribution < -0.4 is 0 Å². The molecule has 1 aliphatic rings. The van der Waals surface area contributed by atoms with Crippen LogP contribution in [-0.4, -0.2) is 40.8 Å². The van der Waals surface area contributed by atoms with E-state index in [0.717, 1.165) is 37.4 Å². The highest BCUT2D eigenvalue weighted by atomic mass is 32.3. The van der Waals surface area contributed by atoms with Crippen LogP contribution in [0.25, 0.3) is 0 Å². The molecule has 0 aromatic heterocycles. The summed E-state index contributed by atoms with van der Waals surface area (Å²) in [6, 6.07) is 0. The molecule has 0 amide bonds. The maximum Gasteiger partial charge on any atom is 0.282 e. The minimum Gasteiger partial charge on any atom is -0.366 e. The molecule has 2 atom stereocenters. The molecule has 0 radical (unpaired) electrons. The van der Waals surface area contributed by atoms with Gasteiger partial charge in [0.1, 0.15) is 0 Å². The molecule has 1 fully saturated rings. The smallest absolute Gasteiger partial charge is 0.282 e. The summed E-state index contributed by atoms with van der Waals surface area (Å²) in [7, 11) is -4.29. The third kappa shape index (κ3) is 4.21. The zero-order valence-corrected chi connectivity index (χ0v) is 10.8. The average Bonchev–Trinajstić information content (AvgIpc) is 2.64. The third-order valence-electron chi connectivity index (χ3n) is 2.49. The number of hydrogen-bond acceptors (Lipinski definition) is 5. The Kier molecular flexibility index (Phi) is 5.52. The van der Waals surface area contributed by atoms with Crippen molar-refractivity contribution >= 4 is 21.9 Å². The summed E-state index contributed by atoms with van der Waals surface area (Å²) >= 11 is 1.09. The number of rotatable bonds is 6. The first-order valence-electron chi connectivity index (χ1n) is 5.36. The summed E-state index contributed by atoms with van der Waals surface area (Å²) in [6.45, 7) is 1.86. The lowest BCUT2D eigenvalue weighted by Crippen LogP contribution is -2.34. The summed E-state index contributed by atoms with van der Waals surface area (Å²) in [5.74, 6) is 0. The number of hydrogen-bond donors (Lipinski definition) is 2. The number of thioether (sulfide) groups is 1. The van der Waals surface area contributed by atoms with Gasteiger partial charge in [0.05, 0.1) is 0 Å². The first-order valence-corrected chi connectivity index (χ1v) is 7.81. The van der Waals surface area contributed by atoms with Gasteiger partial charge in [0.15, 0.2) is 10.9 Å². The van der Waals surface area contributed by atoms with Gasteiger partial charge in [-0.2, -0.15) is 8.42 Å². The predicted molar refractivity (Wildman–Crippen MR) is 62.8 cm³/mol. The van der Waals surface area contributed by atoms with Crippen molar-refractivity contribution in [1.82, 2.24) is 0 Å². The van der Waals surface area contributed by atoms with Gasteiger partial charge in [0.25, 0.3) is 10.1 Å². The van der Waals surface area contributed by atoms with Gasteiger partial charge in [-0.05, 0) is 19.8 Å². The number of ether oxygens (including phenoxy) is 1. The van der Waals surface area contributed by atoms with Crippen molar-refractivity contribution in [3.05, 3.63) is 0 Å². The Bertz CT molecular complexity index is 297. The minimum absolute atomic E-state index is 0.182. The van der Waals surface area contributed by atoms with Crippen LogP contribution in [0.5, 0.6) is 0 Å². The Labute approximate surface area is 100 Å². The Morgan fingerprint density at radius 2 is 2.00 bits per heavy atom. The molecule has 0 saturated heterocycles. The molecule has 1 rings (SSSR count). The fourth-order valence-electron chi connectivity index (χ4n) is 1.75. The summed E-state index contributed by atoms with van der Waals surface area (Å²) in [4.78, 5) is 0. The SMILES string of the molecule is CCOC(O)C(SC1CCCC1)S(=O)(=O)O. The van der Waals surface area contributed by atoms with E-state index < -0.39 is 21.0 Å². The largest absolute Gasteiger partial charge is 0.366 e.